The average Bonchev–Trinajstić information content (AvgIpc) is 1.86. The second kappa shape index (κ2) is 4.63. The molecule has 0 saturated carbocycles. The van der Waals surface area contributed by atoms with Gasteiger partial charge in [0.15, 0.2) is 0 Å². The van der Waals surface area contributed by atoms with Crippen LogP contribution in [0.5, 0.6) is 0 Å². The molecule has 0 radical (unpaired) electrons. The smallest absolute Gasteiger partial charge is 1.00 e. The van der Waals surface area contributed by atoms with Crippen molar-refractivity contribution in [2.75, 3.05) is 0 Å². The van der Waals surface area contributed by atoms with Gasteiger partial charge in [-0.05, 0) is 24.6 Å². The van der Waals surface area contributed by atoms with Crippen LogP contribution < -0.4 is 29.6 Å². The summed E-state index contributed by atoms with van der Waals surface area (Å²) in [5.74, 6) is 0. The molecule has 2 nitrogen and oxygen atoms in total. The Kier molecular flexibility index (Phi) is 4.81. The van der Waals surface area contributed by atoms with Gasteiger partial charge in [-0.3, -0.25) is 0 Å². The predicted octanol–water partition coefficient (Wildman–Crippen LogP) is -0.961. The minimum Gasteiger partial charge on any atom is -1.00 e. The summed E-state index contributed by atoms with van der Waals surface area (Å²) in [5.41, 5.74) is 0.881. The van der Waals surface area contributed by atoms with E-state index in [-0.39, 0.29) is 35.9 Å². The van der Waals surface area contributed by atoms with E-state index in [1.54, 1.807) is 6.07 Å². The van der Waals surface area contributed by atoms with Gasteiger partial charge in [0.2, 0.25) is 0 Å². The number of hydrogen-bond acceptors (Lipinski definition) is 2. The van der Waals surface area contributed by atoms with Crippen molar-refractivity contribution in [3.63, 3.8) is 0 Å². The van der Waals surface area contributed by atoms with Crippen LogP contribution >= 0.6 is 10.7 Å². The normalized spacial score (nSPS) is 10.5. The van der Waals surface area contributed by atoms with Crippen molar-refractivity contribution in [2.45, 2.75) is 11.8 Å². The molecule has 0 N–H and O–H groups in total. The van der Waals surface area contributed by atoms with Crippen molar-refractivity contribution in [3.8, 4) is 0 Å². The Morgan fingerprint density at radius 1 is 1.42 bits per heavy atom. The molecule has 1 aromatic rings. The van der Waals surface area contributed by atoms with E-state index < -0.39 is 9.05 Å². The summed E-state index contributed by atoms with van der Waals surface area (Å²) in [5, 5.41) is 0. The summed E-state index contributed by atoms with van der Waals surface area (Å²) in [4.78, 5) is 0.152. The Morgan fingerprint density at radius 3 is 2.33 bits per heavy atom. The van der Waals surface area contributed by atoms with Gasteiger partial charge in [-0.1, -0.05) is 12.1 Å². The molecule has 0 aliphatic rings. The van der Waals surface area contributed by atoms with Crippen molar-refractivity contribution in [1.82, 2.24) is 0 Å². The molecular formula is C7H8ClNaO2S. The Bertz CT molecular complexity index is 367. The Labute approximate surface area is 100 Å². The zero-order chi connectivity index (χ0) is 8.48. The van der Waals surface area contributed by atoms with E-state index in [0.717, 1.165) is 5.56 Å². The van der Waals surface area contributed by atoms with E-state index in [4.69, 9.17) is 10.7 Å². The quantitative estimate of drug-likeness (QED) is 0.446. The van der Waals surface area contributed by atoms with Crippen molar-refractivity contribution in [1.29, 1.82) is 0 Å². The molecule has 0 unspecified atom stereocenters. The van der Waals surface area contributed by atoms with Crippen LogP contribution in [0, 0.1) is 6.92 Å². The third-order valence-corrected chi connectivity index (χ3v) is 2.62. The molecule has 62 valence electrons. The summed E-state index contributed by atoms with van der Waals surface area (Å²) >= 11 is 0. The van der Waals surface area contributed by atoms with Crippen molar-refractivity contribution in [3.05, 3.63) is 29.8 Å². The third kappa shape index (κ3) is 3.46. The maximum absolute atomic E-state index is 10.8. The van der Waals surface area contributed by atoms with Crippen LogP contribution in [0.3, 0.4) is 0 Å². The Morgan fingerprint density at radius 2 is 2.00 bits per heavy atom. The molecule has 0 aliphatic heterocycles. The van der Waals surface area contributed by atoms with Gasteiger partial charge in [0.1, 0.15) is 0 Å². The third-order valence-electron chi connectivity index (χ3n) is 1.27. The van der Waals surface area contributed by atoms with E-state index in [1.807, 2.05) is 13.0 Å². The zero-order valence-electron chi connectivity index (χ0n) is 7.91. The fraction of sp³-hybridized carbons (Fsp3) is 0.143. The molecular weight excluding hydrogens is 207 g/mol. The molecule has 5 heteroatoms. The average molecular weight is 215 g/mol. The van der Waals surface area contributed by atoms with Gasteiger partial charge in [0.25, 0.3) is 9.05 Å². The second-order valence-corrected chi connectivity index (χ2v) is 4.82. The summed E-state index contributed by atoms with van der Waals surface area (Å²) in [6, 6.07) is 6.47. The first-order chi connectivity index (χ1) is 5.00. The van der Waals surface area contributed by atoms with Gasteiger partial charge in [-0.15, -0.1) is 0 Å². The predicted molar refractivity (Wildman–Crippen MR) is 45.3 cm³/mol. The van der Waals surface area contributed by atoms with Gasteiger partial charge in [0.05, 0.1) is 4.90 Å². The number of rotatable bonds is 1. The molecule has 0 spiro atoms. The summed E-state index contributed by atoms with van der Waals surface area (Å²) < 4.78 is 21.5. The fourth-order valence-corrected chi connectivity index (χ4v) is 1.62. The van der Waals surface area contributed by atoms with E-state index in [1.165, 1.54) is 12.1 Å². The van der Waals surface area contributed by atoms with Crippen molar-refractivity contribution < 1.29 is 39.4 Å². The number of aryl methyl sites for hydroxylation is 1. The monoisotopic (exact) mass is 214 g/mol. The number of halogens is 1. The van der Waals surface area contributed by atoms with Gasteiger partial charge in [0, 0.05) is 10.7 Å². The SMILES string of the molecule is Cc1cccc(S(=O)(=O)Cl)c1.[H-].[Na+]. The largest absolute Gasteiger partial charge is 1.00 e. The van der Waals surface area contributed by atoms with Crippen LogP contribution in [-0.2, 0) is 9.05 Å². The van der Waals surface area contributed by atoms with Crippen LogP contribution in [0.2, 0.25) is 0 Å². The molecule has 0 aromatic heterocycles. The van der Waals surface area contributed by atoms with Gasteiger partial charge in [-0.2, -0.15) is 0 Å². The maximum atomic E-state index is 10.8. The number of hydrogen-bond donors (Lipinski definition) is 0. The molecule has 1 rings (SSSR count). The van der Waals surface area contributed by atoms with Crippen molar-refractivity contribution >= 4 is 19.7 Å². The Balaban J connectivity index is 0. The molecule has 0 amide bonds. The van der Waals surface area contributed by atoms with Gasteiger partial charge in [-0.25, -0.2) is 8.42 Å². The van der Waals surface area contributed by atoms with Crippen LogP contribution in [0.25, 0.3) is 0 Å². The molecule has 0 fully saturated rings. The first-order valence-electron chi connectivity index (χ1n) is 3.01. The minimum absolute atomic E-state index is 0. The zero-order valence-corrected chi connectivity index (χ0v) is 10.5. The molecule has 0 heterocycles. The topological polar surface area (TPSA) is 34.1 Å². The summed E-state index contributed by atoms with van der Waals surface area (Å²) in [7, 11) is 1.55. The van der Waals surface area contributed by atoms with Crippen LogP contribution in [0.15, 0.2) is 29.2 Å². The maximum Gasteiger partial charge on any atom is 1.00 e. The van der Waals surface area contributed by atoms with Gasteiger partial charge < -0.3 is 1.43 Å². The standard InChI is InChI=1S/C7H7ClO2S.Na.H/c1-6-3-2-4-7(5-6)11(8,9)10;;/h2-5H,1H3;;/q;+1;-1. The van der Waals surface area contributed by atoms with E-state index >= 15 is 0 Å². The minimum atomic E-state index is -3.55. The van der Waals surface area contributed by atoms with E-state index in [0.29, 0.717) is 0 Å². The van der Waals surface area contributed by atoms with E-state index in [9.17, 15) is 8.42 Å². The van der Waals surface area contributed by atoms with Crippen molar-refractivity contribution in [2.24, 2.45) is 0 Å². The first-order valence-corrected chi connectivity index (χ1v) is 5.32. The van der Waals surface area contributed by atoms with Crippen LogP contribution in [0.1, 0.15) is 6.99 Å². The van der Waals surface area contributed by atoms with E-state index in [2.05, 4.69) is 0 Å². The molecule has 1 aromatic carbocycles. The molecule has 0 bridgehead atoms. The van der Waals surface area contributed by atoms with Gasteiger partial charge >= 0.3 is 29.6 Å². The molecule has 12 heavy (non-hydrogen) atoms. The molecule has 0 atom stereocenters. The number of benzene rings is 1. The van der Waals surface area contributed by atoms with Crippen LogP contribution in [-0.4, -0.2) is 8.42 Å². The first kappa shape index (κ1) is 12.5. The molecule has 0 aliphatic carbocycles. The molecule has 0 saturated heterocycles. The van der Waals surface area contributed by atoms with Crippen LogP contribution in [0.4, 0.5) is 0 Å². The second-order valence-electron chi connectivity index (χ2n) is 2.25. The fourth-order valence-electron chi connectivity index (χ4n) is 0.767. The summed E-state index contributed by atoms with van der Waals surface area (Å²) in [6.45, 7) is 1.81. The summed E-state index contributed by atoms with van der Waals surface area (Å²) in [6.07, 6.45) is 0. The Hall–Kier alpha value is 0.460.